The second-order valence-corrected chi connectivity index (χ2v) is 5.86. The van der Waals surface area contributed by atoms with Crippen molar-refractivity contribution in [1.82, 2.24) is 10.2 Å². The molecule has 25 heavy (non-hydrogen) atoms. The molecule has 5 nitrogen and oxygen atoms in total. The van der Waals surface area contributed by atoms with Crippen molar-refractivity contribution in [2.75, 3.05) is 26.2 Å². The number of piperidine rings is 1. The highest BCUT2D eigenvalue weighted by Crippen LogP contribution is 2.21. The van der Waals surface area contributed by atoms with E-state index >= 15 is 0 Å². The molecular weight excluding hydrogens is 337 g/mol. The van der Waals surface area contributed by atoms with E-state index < -0.39 is 24.5 Å². The summed E-state index contributed by atoms with van der Waals surface area (Å²) in [7, 11) is 0. The maximum atomic E-state index is 12.4. The van der Waals surface area contributed by atoms with Gasteiger partial charge in [0.25, 0.3) is 5.91 Å². The first-order chi connectivity index (χ1) is 11.8. The normalized spacial score (nSPS) is 15.8. The number of nitrogens with zero attached hydrogens (tertiary/aromatic N) is 1. The van der Waals surface area contributed by atoms with Gasteiger partial charge in [0.2, 0.25) is 5.91 Å². The van der Waals surface area contributed by atoms with Crippen LogP contribution in [0.1, 0.15) is 30.1 Å². The van der Waals surface area contributed by atoms with Gasteiger partial charge in [0.05, 0.1) is 6.61 Å². The quantitative estimate of drug-likeness (QED) is 0.880. The van der Waals surface area contributed by atoms with Crippen LogP contribution >= 0.6 is 0 Å². The Hall–Kier alpha value is -2.25. The van der Waals surface area contributed by atoms with Crippen molar-refractivity contribution in [2.24, 2.45) is 5.92 Å². The zero-order valence-corrected chi connectivity index (χ0v) is 13.9. The number of amides is 2. The average Bonchev–Trinajstić information content (AvgIpc) is 2.59. The Balaban J connectivity index is 1.84. The number of hydrogen-bond acceptors (Lipinski definition) is 3. The van der Waals surface area contributed by atoms with Gasteiger partial charge in [-0.05, 0) is 44.0 Å². The molecule has 0 bridgehead atoms. The Bertz CT molecular complexity index is 594. The molecule has 0 saturated carbocycles. The first kappa shape index (κ1) is 19.1. The third-order valence-electron chi connectivity index (χ3n) is 4.03. The maximum absolute atomic E-state index is 12.4. The van der Waals surface area contributed by atoms with E-state index in [0.717, 1.165) is 0 Å². The van der Waals surface area contributed by atoms with E-state index in [9.17, 15) is 22.8 Å². The summed E-state index contributed by atoms with van der Waals surface area (Å²) >= 11 is 0. The number of alkyl halides is 3. The number of ether oxygens (including phenoxy) is 1. The summed E-state index contributed by atoms with van der Waals surface area (Å²) < 4.78 is 41.7. The van der Waals surface area contributed by atoms with Crippen molar-refractivity contribution < 1.29 is 27.5 Å². The van der Waals surface area contributed by atoms with Crippen LogP contribution in [-0.2, 0) is 4.79 Å². The Kier molecular flexibility index (Phi) is 6.27. The van der Waals surface area contributed by atoms with Gasteiger partial charge >= 0.3 is 6.18 Å². The van der Waals surface area contributed by atoms with Gasteiger partial charge in [0.1, 0.15) is 12.3 Å². The number of halogens is 3. The zero-order chi connectivity index (χ0) is 18.4. The van der Waals surface area contributed by atoms with Gasteiger partial charge in [-0.15, -0.1) is 0 Å². The highest BCUT2D eigenvalue weighted by Gasteiger charge is 2.32. The van der Waals surface area contributed by atoms with Gasteiger partial charge in [0.15, 0.2) is 0 Å². The van der Waals surface area contributed by atoms with Gasteiger partial charge in [-0.2, -0.15) is 13.2 Å². The fourth-order valence-electron chi connectivity index (χ4n) is 2.72. The lowest BCUT2D eigenvalue weighted by Gasteiger charge is -2.31. The lowest BCUT2D eigenvalue weighted by atomic mass is 9.95. The predicted molar refractivity (Wildman–Crippen MR) is 85.3 cm³/mol. The summed E-state index contributed by atoms with van der Waals surface area (Å²) in [5.41, 5.74) is 0.517. The van der Waals surface area contributed by atoms with Gasteiger partial charge in [-0.3, -0.25) is 9.59 Å². The minimum absolute atomic E-state index is 0.155. The number of hydrogen-bond donors (Lipinski definition) is 1. The van der Waals surface area contributed by atoms with E-state index in [1.165, 1.54) is 0 Å². The molecule has 1 N–H and O–H groups in total. The summed E-state index contributed by atoms with van der Waals surface area (Å²) in [5, 5.41) is 1.90. The van der Waals surface area contributed by atoms with Crippen LogP contribution in [0.5, 0.6) is 5.75 Å². The van der Waals surface area contributed by atoms with E-state index in [1.807, 2.05) is 12.2 Å². The third-order valence-corrected chi connectivity index (χ3v) is 4.03. The first-order valence-electron chi connectivity index (χ1n) is 8.16. The predicted octanol–water partition coefficient (Wildman–Crippen LogP) is 2.62. The fourth-order valence-corrected chi connectivity index (χ4v) is 2.72. The first-order valence-corrected chi connectivity index (χ1v) is 8.16. The molecule has 0 aliphatic carbocycles. The summed E-state index contributed by atoms with van der Waals surface area (Å²) in [6, 6.07) is 6.78. The molecule has 0 atom stereocenters. The molecule has 1 aromatic rings. The van der Waals surface area contributed by atoms with Gasteiger partial charge in [-0.1, -0.05) is 0 Å². The molecule has 0 unspecified atom stereocenters. The van der Waals surface area contributed by atoms with Crippen LogP contribution in [0.15, 0.2) is 24.3 Å². The largest absolute Gasteiger partial charge is 0.494 e. The smallest absolute Gasteiger partial charge is 0.405 e. The number of nitrogens with one attached hydrogen (secondary N) is 1. The molecule has 1 aromatic carbocycles. The van der Waals surface area contributed by atoms with Crippen molar-refractivity contribution in [2.45, 2.75) is 25.9 Å². The molecule has 138 valence electrons. The lowest BCUT2D eigenvalue weighted by Crippen LogP contribution is -2.44. The third kappa shape index (κ3) is 5.65. The molecular formula is C17H21F3N2O3. The molecule has 1 aliphatic heterocycles. The number of likely N-dealkylation sites (tertiary alicyclic amines) is 1. The van der Waals surface area contributed by atoms with Crippen molar-refractivity contribution >= 4 is 11.8 Å². The summed E-state index contributed by atoms with van der Waals surface area (Å²) in [6.07, 6.45) is -3.71. The zero-order valence-electron chi connectivity index (χ0n) is 13.9. The van der Waals surface area contributed by atoms with Gasteiger partial charge in [0, 0.05) is 24.6 Å². The Morgan fingerprint density at radius 2 is 1.80 bits per heavy atom. The van der Waals surface area contributed by atoms with Crippen LogP contribution in [0.2, 0.25) is 0 Å². The SMILES string of the molecule is CCOc1ccc(C(=O)N2CCC(C(=O)NCC(F)(F)F)CC2)cc1. The summed E-state index contributed by atoms with van der Waals surface area (Å²) in [5.74, 6) is -0.575. The highest BCUT2D eigenvalue weighted by molar-refractivity contribution is 5.94. The number of benzene rings is 1. The van der Waals surface area contributed by atoms with Crippen molar-refractivity contribution in [1.29, 1.82) is 0 Å². The van der Waals surface area contributed by atoms with E-state index in [-0.39, 0.29) is 5.91 Å². The van der Waals surface area contributed by atoms with Crippen LogP contribution in [0.3, 0.4) is 0 Å². The topological polar surface area (TPSA) is 58.6 Å². The molecule has 8 heteroatoms. The Morgan fingerprint density at radius 1 is 1.20 bits per heavy atom. The van der Waals surface area contributed by atoms with Crippen molar-refractivity contribution in [3.8, 4) is 5.75 Å². The monoisotopic (exact) mass is 358 g/mol. The Morgan fingerprint density at radius 3 is 2.32 bits per heavy atom. The van der Waals surface area contributed by atoms with Crippen LogP contribution in [0.4, 0.5) is 13.2 Å². The number of rotatable bonds is 5. The van der Waals surface area contributed by atoms with E-state index in [0.29, 0.717) is 43.9 Å². The summed E-state index contributed by atoms with van der Waals surface area (Å²) in [4.78, 5) is 25.8. The molecule has 1 aliphatic rings. The lowest BCUT2D eigenvalue weighted by molar-refractivity contribution is -0.141. The van der Waals surface area contributed by atoms with Gasteiger partial charge in [-0.25, -0.2) is 0 Å². The van der Waals surface area contributed by atoms with Crippen LogP contribution in [-0.4, -0.2) is 49.1 Å². The van der Waals surface area contributed by atoms with E-state index in [1.54, 1.807) is 29.2 Å². The molecule has 0 radical (unpaired) electrons. The molecule has 1 heterocycles. The molecule has 2 rings (SSSR count). The molecule has 1 fully saturated rings. The fraction of sp³-hybridized carbons (Fsp3) is 0.529. The second-order valence-electron chi connectivity index (χ2n) is 5.86. The average molecular weight is 358 g/mol. The minimum Gasteiger partial charge on any atom is -0.494 e. The van der Waals surface area contributed by atoms with E-state index in [4.69, 9.17) is 4.74 Å². The van der Waals surface area contributed by atoms with Crippen LogP contribution in [0, 0.1) is 5.92 Å². The number of carbonyl (C=O) groups is 2. The number of carbonyl (C=O) groups excluding carboxylic acids is 2. The summed E-state index contributed by atoms with van der Waals surface area (Å²) in [6.45, 7) is 1.77. The standard InChI is InChI=1S/C17H21F3N2O3/c1-2-25-14-5-3-13(4-6-14)16(24)22-9-7-12(8-10-22)15(23)21-11-17(18,19)20/h3-6,12H,2,7-11H2,1H3,(H,21,23). The molecule has 0 aromatic heterocycles. The van der Waals surface area contributed by atoms with Gasteiger partial charge < -0.3 is 15.0 Å². The minimum atomic E-state index is -4.42. The Labute approximate surface area is 144 Å². The highest BCUT2D eigenvalue weighted by atomic mass is 19.4. The molecule has 0 spiro atoms. The maximum Gasteiger partial charge on any atom is 0.405 e. The molecule has 1 saturated heterocycles. The van der Waals surface area contributed by atoms with Crippen molar-refractivity contribution in [3.63, 3.8) is 0 Å². The van der Waals surface area contributed by atoms with Crippen molar-refractivity contribution in [3.05, 3.63) is 29.8 Å². The second kappa shape index (κ2) is 8.22. The van der Waals surface area contributed by atoms with Crippen LogP contribution in [0.25, 0.3) is 0 Å². The molecule has 2 amide bonds. The van der Waals surface area contributed by atoms with Crippen LogP contribution < -0.4 is 10.1 Å². The van der Waals surface area contributed by atoms with E-state index in [2.05, 4.69) is 0 Å².